The molecule has 0 spiro atoms. The Morgan fingerprint density at radius 3 is 2.29 bits per heavy atom. The van der Waals surface area contributed by atoms with Crippen molar-refractivity contribution in [3.05, 3.63) is 0 Å². The molecule has 0 bridgehead atoms. The van der Waals surface area contributed by atoms with Gasteiger partial charge in [-0.05, 0) is 31.6 Å². The first-order valence-electron chi connectivity index (χ1n) is 7.13. The number of urea groups is 1. The Hall–Kier alpha value is -0.730. The van der Waals surface area contributed by atoms with E-state index < -0.39 is 0 Å². The summed E-state index contributed by atoms with van der Waals surface area (Å²) in [7, 11) is 0. The third kappa shape index (κ3) is 4.21. The van der Waals surface area contributed by atoms with E-state index in [4.69, 9.17) is 0 Å². The second-order valence-corrected chi connectivity index (χ2v) is 5.48. The molecule has 1 rings (SSSR count). The Morgan fingerprint density at radius 2 is 1.82 bits per heavy atom. The van der Waals surface area contributed by atoms with E-state index in [2.05, 4.69) is 33.0 Å². The van der Waals surface area contributed by atoms with E-state index in [1.54, 1.807) is 0 Å². The Morgan fingerprint density at radius 1 is 1.29 bits per heavy atom. The third-order valence-electron chi connectivity index (χ3n) is 4.18. The number of likely N-dealkylation sites (tertiary alicyclic amines) is 1. The topological polar surface area (TPSA) is 32.3 Å². The van der Waals surface area contributed by atoms with Crippen LogP contribution in [0.1, 0.15) is 53.4 Å². The number of nitrogens with one attached hydrogen (secondary N) is 1. The number of piperidine rings is 1. The molecule has 1 heterocycles. The second-order valence-electron chi connectivity index (χ2n) is 5.48. The number of rotatable bonds is 4. The maximum Gasteiger partial charge on any atom is 0.317 e. The van der Waals surface area contributed by atoms with Crippen molar-refractivity contribution in [2.24, 2.45) is 11.8 Å². The highest BCUT2D eigenvalue weighted by molar-refractivity contribution is 5.74. The van der Waals surface area contributed by atoms with Crippen molar-refractivity contribution in [1.29, 1.82) is 0 Å². The molecule has 1 saturated heterocycles. The molecule has 3 heteroatoms. The maximum atomic E-state index is 12.1. The minimum Gasteiger partial charge on any atom is -0.335 e. The monoisotopic (exact) mass is 240 g/mol. The van der Waals surface area contributed by atoms with Gasteiger partial charge in [0.1, 0.15) is 0 Å². The number of carbonyl (C=O) groups excluding carboxylic acids is 1. The van der Waals surface area contributed by atoms with E-state index in [0.717, 1.165) is 44.7 Å². The van der Waals surface area contributed by atoms with Crippen LogP contribution in [0.3, 0.4) is 0 Å². The van der Waals surface area contributed by atoms with Gasteiger partial charge in [0.05, 0.1) is 0 Å². The summed E-state index contributed by atoms with van der Waals surface area (Å²) in [4.78, 5) is 14.0. The zero-order valence-electron chi connectivity index (χ0n) is 11.8. The van der Waals surface area contributed by atoms with Crippen molar-refractivity contribution in [3.63, 3.8) is 0 Å². The molecule has 0 radical (unpaired) electrons. The maximum absolute atomic E-state index is 12.1. The summed E-state index contributed by atoms with van der Waals surface area (Å²) >= 11 is 0. The fraction of sp³-hybridized carbons (Fsp3) is 0.929. The summed E-state index contributed by atoms with van der Waals surface area (Å²) in [6, 6.07) is 0.424. The van der Waals surface area contributed by atoms with Gasteiger partial charge in [-0.2, -0.15) is 0 Å². The van der Waals surface area contributed by atoms with Crippen LogP contribution in [0.25, 0.3) is 0 Å². The van der Waals surface area contributed by atoms with E-state index >= 15 is 0 Å². The minimum atomic E-state index is 0.135. The van der Waals surface area contributed by atoms with Crippen molar-refractivity contribution in [1.82, 2.24) is 10.2 Å². The molecule has 0 aromatic carbocycles. The van der Waals surface area contributed by atoms with Gasteiger partial charge in [-0.25, -0.2) is 4.79 Å². The van der Waals surface area contributed by atoms with Crippen LogP contribution >= 0.6 is 0 Å². The first kappa shape index (κ1) is 14.3. The standard InChI is InChI=1S/C14H28N2O/c1-5-13(6-2)12(4)15-14(17)16-9-7-11(3)8-10-16/h11-13H,5-10H2,1-4H3,(H,15,17). The van der Waals surface area contributed by atoms with Crippen LogP contribution in [0.5, 0.6) is 0 Å². The van der Waals surface area contributed by atoms with E-state index in [-0.39, 0.29) is 12.1 Å². The SMILES string of the molecule is CCC(CC)C(C)NC(=O)N1CCC(C)CC1. The molecule has 1 N–H and O–H groups in total. The smallest absolute Gasteiger partial charge is 0.317 e. The van der Waals surface area contributed by atoms with Crippen LogP contribution in [0.15, 0.2) is 0 Å². The van der Waals surface area contributed by atoms with Crippen LogP contribution in [0, 0.1) is 11.8 Å². The summed E-state index contributed by atoms with van der Waals surface area (Å²) in [5, 5.41) is 3.15. The van der Waals surface area contributed by atoms with Gasteiger partial charge in [-0.15, -0.1) is 0 Å². The van der Waals surface area contributed by atoms with Crippen molar-refractivity contribution >= 4 is 6.03 Å². The average Bonchev–Trinajstić information content (AvgIpc) is 2.31. The largest absolute Gasteiger partial charge is 0.335 e. The first-order valence-corrected chi connectivity index (χ1v) is 7.13. The predicted octanol–water partition coefficient (Wildman–Crippen LogP) is 3.25. The number of hydrogen-bond donors (Lipinski definition) is 1. The lowest BCUT2D eigenvalue weighted by Crippen LogP contribution is -2.48. The zero-order chi connectivity index (χ0) is 12.8. The number of nitrogens with zero attached hydrogens (tertiary/aromatic N) is 1. The molecule has 0 aliphatic carbocycles. The molecule has 17 heavy (non-hydrogen) atoms. The van der Waals surface area contributed by atoms with E-state index in [1.165, 1.54) is 0 Å². The summed E-state index contributed by atoms with van der Waals surface area (Å²) in [6.07, 6.45) is 4.56. The summed E-state index contributed by atoms with van der Waals surface area (Å²) in [6.45, 7) is 10.6. The van der Waals surface area contributed by atoms with Gasteiger partial charge in [-0.3, -0.25) is 0 Å². The van der Waals surface area contributed by atoms with Crippen LogP contribution in [0.4, 0.5) is 4.79 Å². The summed E-state index contributed by atoms with van der Waals surface area (Å²) in [5.74, 6) is 1.37. The van der Waals surface area contributed by atoms with E-state index in [0.29, 0.717) is 5.92 Å². The van der Waals surface area contributed by atoms with Gasteiger partial charge in [0.25, 0.3) is 0 Å². The Bertz CT molecular complexity index is 230. The quantitative estimate of drug-likeness (QED) is 0.803. The Labute approximate surface area is 106 Å². The zero-order valence-corrected chi connectivity index (χ0v) is 11.8. The molecule has 100 valence electrons. The number of carbonyl (C=O) groups is 1. The fourth-order valence-electron chi connectivity index (χ4n) is 2.61. The Kier molecular flexibility index (Phi) is 5.79. The van der Waals surface area contributed by atoms with Gasteiger partial charge in [0.15, 0.2) is 0 Å². The average molecular weight is 240 g/mol. The molecule has 0 aromatic heterocycles. The van der Waals surface area contributed by atoms with Crippen molar-refractivity contribution < 1.29 is 4.79 Å². The fourth-order valence-corrected chi connectivity index (χ4v) is 2.61. The van der Waals surface area contributed by atoms with Crippen molar-refractivity contribution in [3.8, 4) is 0 Å². The van der Waals surface area contributed by atoms with Gasteiger partial charge in [0.2, 0.25) is 0 Å². The van der Waals surface area contributed by atoms with Crippen LogP contribution in [0.2, 0.25) is 0 Å². The van der Waals surface area contributed by atoms with Crippen LogP contribution in [-0.4, -0.2) is 30.1 Å². The molecule has 1 atom stereocenters. The van der Waals surface area contributed by atoms with Gasteiger partial charge in [0, 0.05) is 19.1 Å². The third-order valence-corrected chi connectivity index (χ3v) is 4.18. The molecule has 0 saturated carbocycles. The van der Waals surface area contributed by atoms with Crippen molar-refractivity contribution in [2.45, 2.75) is 59.4 Å². The second kappa shape index (κ2) is 6.87. The van der Waals surface area contributed by atoms with Crippen LogP contribution in [-0.2, 0) is 0 Å². The minimum absolute atomic E-state index is 0.135. The molecule has 0 aromatic rings. The number of amides is 2. The van der Waals surface area contributed by atoms with Gasteiger partial charge >= 0.3 is 6.03 Å². The molecule has 1 unspecified atom stereocenters. The summed E-state index contributed by atoms with van der Waals surface area (Å²) in [5.41, 5.74) is 0. The lowest BCUT2D eigenvalue weighted by molar-refractivity contribution is 0.167. The molecule has 2 amide bonds. The van der Waals surface area contributed by atoms with Crippen LogP contribution < -0.4 is 5.32 Å². The van der Waals surface area contributed by atoms with E-state index in [1.807, 2.05) is 4.90 Å². The first-order chi connectivity index (χ1) is 8.08. The molecule has 1 fully saturated rings. The molecule has 3 nitrogen and oxygen atoms in total. The van der Waals surface area contributed by atoms with Gasteiger partial charge < -0.3 is 10.2 Å². The highest BCUT2D eigenvalue weighted by Crippen LogP contribution is 2.17. The highest BCUT2D eigenvalue weighted by atomic mass is 16.2. The number of hydrogen-bond acceptors (Lipinski definition) is 1. The molecule has 1 aliphatic heterocycles. The summed E-state index contributed by atoms with van der Waals surface area (Å²) < 4.78 is 0. The normalized spacial score (nSPS) is 19.5. The lowest BCUT2D eigenvalue weighted by atomic mass is 9.95. The Balaban J connectivity index is 2.38. The predicted molar refractivity (Wildman–Crippen MR) is 72.0 cm³/mol. The van der Waals surface area contributed by atoms with Gasteiger partial charge in [-0.1, -0.05) is 33.6 Å². The lowest BCUT2D eigenvalue weighted by Gasteiger charge is -2.32. The molecular formula is C14H28N2O. The highest BCUT2D eigenvalue weighted by Gasteiger charge is 2.23. The van der Waals surface area contributed by atoms with Crippen molar-refractivity contribution in [2.75, 3.05) is 13.1 Å². The molecular weight excluding hydrogens is 212 g/mol. The van der Waals surface area contributed by atoms with E-state index in [9.17, 15) is 4.79 Å². The molecule has 1 aliphatic rings.